The van der Waals surface area contributed by atoms with Crippen molar-refractivity contribution in [3.05, 3.63) is 71.8 Å². The molecule has 1 unspecified atom stereocenters. The lowest BCUT2D eigenvalue weighted by Gasteiger charge is -2.17. The summed E-state index contributed by atoms with van der Waals surface area (Å²) in [5.41, 5.74) is 2.32. The van der Waals surface area contributed by atoms with E-state index in [0.29, 0.717) is 6.42 Å². The minimum atomic E-state index is 0.0963. The maximum atomic E-state index is 12.1. The first kappa shape index (κ1) is 14.3. The molecule has 20 heavy (non-hydrogen) atoms. The van der Waals surface area contributed by atoms with E-state index >= 15 is 0 Å². The van der Waals surface area contributed by atoms with Crippen molar-refractivity contribution in [2.45, 2.75) is 32.2 Å². The first-order chi connectivity index (χ1) is 9.78. The Morgan fingerprint density at radius 1 is 0.950 bits per heavy atom. The van der Waals surface area contributed by atoms with E-state index in [2.05, 4.69) is 24.4 Å². The fourth-order valence-corrected chi connectivity index (χ4v) is 2.26. The summed E-state index contributed by atoms with van der Waals surface area (Å²) in [5, 5.41) is 3.12. The summed E-state index contributed by atoms with van der Waals surface area (Å²) in [6.07, 6.45) is 2.28. The molecular weight excluding hydrogens is 246 g/mol. The zero-order chi connectivity index (χ0) is 14.2. The summed E-state index contributed by atoms with van der Waals surface area (Å²) in [7, 11) is 0. The molecule has 0 fully saturated rings. The second-order valence-corrected chi connectivity index (χ2v) is 5.02. The van der Waals surface area contributed by atoms with Crippen molar-refractivity contribution < 1.29 is 4.79 Å². The molecule has 0 aliphatic heterocycles. The Bertz CT molecular complexity index is 522. The van der Waals surface area contributed by atoms with Crippen molar-refractivity contribution in [3.8, 4) is 0 Å². The van der Waals surface area contributed by atoms with Crippen LogP contribution in [0.3, 0.4) is 0 Å². The fraction of sp³-hybridized carbons (Fsp3) is 0.278. The van der Waals surface area contributed by atoms with Crippen LogP contribution < -0.4 is 5.32 Å². The van der Waals surface area contributed by atoms with Crippen LogP contribution in [0.2, 0.25) is 0 Å². The average Bonchev–Trinajstić information content (AvgIpc) is 2.48. The Balaban J connectivity index is 1.88. The van der Waals surface area contributed by atoms with Crippen molar-refractivity contribution in [1.29, 1.82) is 0 Å². The fourth-order valence-electron chi connectivity index (χ4n) is 2.26. The summed E-state index contributed by atoms with van der Waals surface area (Å²) in [6, 6.07) is 20.3. The molecule has 0 bridgehead atoms. The quantitative estimate of drug-likeness (QED) is 0.854. The van der Waals surface area contributed by atoms with E-state index in [1.54, 1.807) is 0 Å². The molecule has 104 valence electrons. The summed E-state index contributed by atoms with van der Waals surface area (Å²) in [5.74, 6) is 0.0963. The maximum absolute atomic E-state index is 12.1. The predicted molar refractivity (Wildman–Crippen MR) is 82.5 cm³/mol. The number of carbonyl (C=O) groups is 1. The highest BCUT2D eigenvalue weighted by Gasteiger charge is 2.11. The van der Waals surface area contributed by atoms with Gasteiger partial charge in [0.05, 0.1) is 6.42 Å². The highest BCUT2D eigenvalue weighted by molar-refractivity contribution is 5.78. The zero-order valence-corrected chi connectivity index (χ0v) is 11.9. The standard InChI is InChI=1S/C18H21NO/c1-2-17(13-15-9-5-3-6-10-15)19-18(20)14-16-11-7-4-8-12-16/h3-12,17H,2,13-14H2,1H3,(H,19,20). The van der Waals surface area contributed by atoms with Crippen LogP contribution in [-0.2, 0) is 17.6 Å². The molecule has 1 atom stereocenters. The second kappa shape index (κ2) is 7.49. The van der Waals surface area contributed by atoms with E-state index in [-0.39, 0.29) is 11.9 Å². The SMILES string of the molecule is CCC(Cc1ccccc1)NC(=O)Cc1ccccc1. The molecule has 0 spiro atoms. The lowest BCUT2D eigenvalue weighted by atomic mass is 10.0. The van der Waals surface area contributed by atoms with Crippen LogP contribution in [-0.4, -0.2) is 11.9 Å². The third-order valence-corrected chi connectivity index (χ3v) is 3.39. The molecule has 0 aliphatic carbocycles. The van der Waals surface area contributed by atoms with Gasteiger partial charge in [-0.15, -0.1) is 0 Å². The highest BCUT2D eigenvalue weighted by atomic mass is 16.1. The van der Waals surface area contributed by atoms with Gasteiger partial charge in [-0.1, -0.05) is 67.6 Å². The lowest BCUT2D eigenvalue weighted by molar-refractivity contribution is -0.121. The lowest BCUT2D eigenvalue weighted by Crippen LogP contribution is -2.36. The molecule has 2 aromatic rings. The smallest absolute Gasteiger partial charge is 0.224 e. The molecule has 0 aromatic heterocycles. The number of benzene rings is 2. The second-order valence-electron chi connectivity index (χ2n) is 5.02. The minimum Gasteiger partial charge on any atom is -0.353 e. The van der Waals surface area contributed by atoms with Crippen LogP contribution >= 0.6 is 0 Å². The number of rotatable bonds is 6. The van der Waals surface area contributed by atoms with Gasteiger partial charge < -0.3 is 5.32 Å². The predicted octanol–water partition coefficient (Wildman–Crippen LogP) is 3.37. The van der Waals surface area contributed by atoms with Crippen LogP contribution in [0.15, 0.2) is 60.7 Å². The molecule has 1 amide bonds. The van der Waals surface area contributed by atoms with Crippen LogP contribution in [0.25, 0.3) is 0 Å². The topological polar surface area (TPSA) is 29.1 Å². The van der Waals surface area contributed by atoms with Gasteiger partial charge in [-0.25, -0.2) is 0 Å². The van der Waals surface area contributed by atoms with Gasteiger partial charge in [-0.2, -0.15) is 0 Å². The van der Waals surface area contributed by atoms with E-state index in [1.165, 1.54) is 5.56 Å². The minimum absolute atomic E-state index is 0.0963. The van der Waals surface area contributed by atoms with E-state index in [1.807, 2.05) is 48.5 Å². The van der Waals surface area contributed by atoms with Gasteiger partial charge >= 0.3 is 0 Å². The highest BCUT2D eigenvalue weighted by Crippen LogP contribution is 2.06. The molecule has 1 N–H and O–H groups in total. The number of nitrogens with one attached hydrogen (secondary N) is 1. The van der Waals surface area contributed by atoms with E-state index < -0.39 is 0 Å². The summed E-state index contributed by atoms with van der Waals surface area (Å²) in [4.78, 5) is 12.1. The van der Waals surface area contributed by atoms with Crippen molar-refractivity contribution in [1.82, 2.24) is 5.32 Å². The van der Waals surface area contributed by atoms with Crippen molar-refractivity contribution in [2.24, 2.45) is 0 Å². The summed E-state index contributed by atoms with van der Waals surface area (Å²) in [6.45, 7) is 2.11. The van der Waals surface area contributed by atoms with E-state index in [0.717, 1.165) is 18.4 Å². The van der Waals surface area contributed by atoms with Crippen molar-refractivity contribution in [2.75, 3.05) is 0 Å². The molecule has 0 saturated heterocycles. The Kier molecular flexibility index (Phi) is 5.36. The molecule has 2 rings (SSSR count). The van der Waals surface area contributed by atoms with Crippen LogP contribution in [0.5, 0.6) is 0 Å². The van der Waals surface area contributed by atoms with Crippen LogP contribution in [0, 0.1) is 0 Å². The first-order valence-electron chi connectivity index (χ1n) is 7.15. The molecule has 0 aliphatic rings. The van der Waals surface area contributed by atoms with Gasteiger partial charge in [0.15, 0.2) is 0 Å². The van der Waals surface area contributed by atoms with Gasteiger partial charge in [-0.05, 0) is 24.0 Å². The van der Waals surface area contributed by atoms with Crippen molar-refractivity contribution in [3.63, 3.8) is 0 Å². The molecular formula is C18H21NO. The maximum Gasteiger partial charge on any atom is 0.224 e. The Morgan fingerprint density at radius 2 is 1.50 bits per heavy atom. The Labute approximate surface area is 120 Å². The van der Waals surface area contributed by atoms with Gasteiger partial charge in [0.1, 0.15) is 0 Å². The average molecular weight is 267 g/mol. The van der Waals surface area contributed by atoms with E-state index in [9.17, 15) is 4.79 Å². The molecule has 2 heteroatoms. The molecule has 0 saturated carbocycles. The van der Waals surface area contributed by atoms with Gasteiger partial charge in [0.25, 0.3) is 0 Å². The number of amides is 1. The summed E-state index contributed by atoms with van der Waals surface area (Å²) < 4.78 is 0. The van der Waals surface area contributed by atoms with Crippen LogP contribution in [0.1, 0.15) is 24.5 Å². The van der Waals surface area contributed by atoms with Crippen molar-refractivity contribution >= 4 is 5.91 Å². The molecule has 0 radical (unpaired) electrons. The third-order valence-electron chi connectivity index (χ3n) is 3.39. The Morgan fingerprint density at radius 3 is 2.05 bits per heavy atom. The Hall–Kier alpha value is -2.09. The molecule has 0 heterocycles. The zero-order valence-electron chi connectivity index (χ0n) is 11.9. The number of carbonyl (C=O) groups excluding carboxylic acids is 1. The van der Waals surface area contributed by atoms with Crippen LogP contribution in [0.4, 0.5) is 0 Å². The van der Waals surface area contributed by atoms with Gasteiger partial charge in [-0.3, -0.25) is 4.79 Å². The normalized spacial score (nSPS) is 11.8. The monoisotopic (exact) mass is 267 g/mol. The van der Waals surface area contributed by atoms with Gasteiger partial charge in [0, 0.05) is 6.04 Å². The largest absolute Gasteiger partial charge is 0.353 e. The third kappa shape index (κ3) is 4.54. The molecule has 2 nitrogen and oxygen atoms in total. The number of hydrogen-bond donors (Lipinski definition) is 1. The van der Waals surface area contributed by atoms with Gasteiger partial charge in [0.2, 0.25) is 5.91 Å². The molecule has 2 aromatic carbocycles. The number of hydrogen-bond acceptors (Lipinski definition) is 1. The first-order valence-corrected chi connectivity index (χ1v) is 7.15. The summed E-state index contributed by atoms with van der Waals surface area (Å²) >= 11 is 0. The van der Waals surface area contributed by atoms with E-state index in [4.69, 9.17) is 0 Å².